The summed E-state index contributed by atoms with van der Waals surface area (Å²) in [5.74, 6) is 0.843. The SMILES string of the molecule is COc1ccc(Nc2snc(C)c2C(C)=O)c(C)c1. The highest BCUT2D eigenvalue weighted by Gasteiger charge is 2.15. The lowest BCUT2D eigenvalue weighted by molar-refractivity contribution is 0.101. The molecule has 0 spiro atoms. The lowest BCUT2D eigenvalue weighted by Crippen LogP contribution is -1.99. The fourth-order valence-electron chi connectivity index (χ4n) is 1.90. The van der Waals surface area contributed by atoms with E-state index in [0.717, 1.165) is 27.7 Å². The van der Waals surface area contributed by atoms with E-state index < -0.39 is 0 Å². The number of aryl methyl sites for hydroxylation is 2. The number of ketones is 1. The Hall–Kier alpha value is -1.88. The van der Waals surface area contributed by atoms with Gasteiger partial charge in [-0.15, -0.1) is 0 Å². The first-order chi connectivity index (χ1) is 9.02. The second kappa shape index (κ2) is 5.40. The lowest BCUT2D eigenvalue weighted by atomic mass is 10.1. The molecule has 0 saturated heterocycles. The van der Waals surface area contributed by atoms with E-state index in [2.05, 4.69) is 9.69 Å². The maximum atomic E-state index is 11.6. The highest BCUT2D eigenvalue weighted by molar-refractivity contribution is 7.10. The summed E-state index contributed by atoms with van der Waals surface area (Å²) in [6, 6.07) is 5.77. The molecule has 0 aliphatic rings. The van der Waals surface area contributed by atoms with Crippen LogP contribution in [0.5, 0.6) is 5.75 Å². The Morgan fingerprint density at radius 1 is 1.37 bits per heavy atom. The molecular formula is C14H16N2O2S. The van der Waals surface area contributed by atoms with Crippen LogP contribution >= 0.6 is 11.5 Å². The summed E-state index contributed by atoms with van der Waals surface area (Å²) in [6.45, 7) is 5.40. The van der Waals surface area contributed by atoms with Crippen molar-refractivity contribution in [2.75, 3.05) is 12.4 Å². The highest BCUT2D eigenvalue weighted by atomic mass is 32.1. The first-order valence-electron chi connectivity index (χ1n) is 5.91. The summed E-state index contributed by atoms with van der Waals surface area (Å²) in [4.78, 5) is 11.6. The van der Waals surface area contributed by atoms with Crippen LogP contribution < -0.4 is 10.1 Å². The molecule has 0 atom stereocenters. The Kier molecular flexibility index (Phi) is 3.85. The maximum absolute atomic E-state index is 11.6. The molecule has 1 aromatic heterocycles. The van der Waals surface area contributed by atoms with Crippen LogP contribution in [0.15, 0.2) is 18.2 Å². The first kappa shape index (κ1) is 13.5. The average molecular weight is 276 g/mol. The van der Waals surface area contributed by atoms with Crippen molar-refractivity contribution in [2.24, 2.45) is 0 Å². The van der Waals surface area contributed by atoms with Crippen molar-refractivity contribution in [3.63, 3.8) is 0 Å². The van der Waals surface area contributed by atoms with Crippen molar-refractivity contribution in [1.29, 1.82) is 0 Å². The summed E-state index contributed by atoms with van der Waals surface area (Å²) < 4.78 is 9.41. The number of carbonyl (C=O) groups excluding carboxylic acids is 1. The molecule has 2 aromatic rings. The van der Waals surface area contributed by atoms with Crippen molar-refractivity contribution in [2.45, 2.75) is 20.8 Å². The van der Waals surface area contributed by atoms with Gasteiger partial charge in [-0.05, 0) is 56.1 Å². The van der Waals surface area contributed by atoms with E-state index in [0.29, 0.717) is 5.56 Å². The average Bonchev–Trinajstić information content (AvgIpc) is 2.73. The third kappa shape index (κ3) is 2.76. The molecule has 0 aliphatic carbocycles. The van der Waals surface area contributed by atoms with Crippen molar-refractivity contribution >= 4 is 28.0 Å². The summed E-state index contributed by atoms with van der Waals surface area (Å²) in [6.07, 6.45) is 0. The van der Waals surface area contributed by atoms with Crippen LogP contribution in [-0.2, 0) is 0 Å². The smallest absolute Gasteiger partial charge is 0.164 e. The standard InChI is InChI=1S/C14H16N2O2S/c1-8-7-11(18-4)5-6-12(8)15-14-13(10(3)17)9(2)16-19-14/h5-7,15H,1-4H3. The van der Waals surface area contributed by atoms with Crippen molar-refractivity contribution in [3.8, 4) is 5.75 Å². The van der Waals surface area contributed by atoms with E-state index in [1.54, 1.807) is 14.0 Å². The third-order valence-corrected chi connectivity index (χ3v) is 3.75. The zero-order valence-electron chi connectivity index (χ0n) is 11.4. The topological polar surface area (TPSA) is 51.2 Å². The van der Waals surface area contributed by atoms with Gasteiger partial charge in [0.05, 0.1) is 18.4 Å². The molecule has 0 aliphatic heterocycles. The highest BCUT2D eigenvalue weighted by Crippen LogP contribution is 2.30. The van der Waals surface area contributed by atoms with Crippen molar-refractivity contribution < 1.29 is 9.53 Å². The summed E-state index contributed by atoms with van der Waals surface area (Å²) in [5.41, 5.74) is 3.44. The third-order valence-electron chi connectivity index (χ3n) is 2.90. The number of methoxy groups -OCH3 is 1. The molecule has 0 amide bonds. The quantitative estimate of drug-likeness (QED) is 0.865. The number of nitrogens with zero attached hydrogens (tertiary/aromatic N) is 1. The van der Waals surface area contributed by atoms with Crippen LogP contribution in [0.4, 0.5) is 10.7 Å². The van der Waals surface area contributed by atoms with E-state index in [1.165, 1.54) is 11.5 Å². The van der Waals surface area contributed by atoms with Crippen LogP contribution in [0.25, 0.3) is 0 Å². The van der Waals surface area contributed by atoms with Gasteiger partial charge >= 0.3 is 0 Å². The Morgan fingerprint density at radius 3 is 2.68 bits per heavy atom. The van der Waals surface area contributed by atoms with Gasteiger partial charge in [-0.25, -0.2) is 0 Å². The minimum absolute atomic E-state index is 0.0277. The van der Waals surface area contributed by atoms with Crippen molar-refractivity contribution in [1.82, 2.24) is 4.37 Å². The van der Waals surface area contributed by atoms with Gasteiger partial charge in [-0.3, -0.25) is 4.79 Å². The number of nitrogens with one attached hydrogen (secondary N) is 1. The number of aromatic nitrogens is 1. The first-order valence-corrected chi connectivity index (χ1v) is 6.69. The second-order valence-electron chi connectivity index (χ2n) is 4.33. The molecule has 19 heavy (non-hydrogen) atoms. The van der Waals surface area contributed by atoms with Crippen LogP contribution in [-0.4, -0.2) is 17.3 Å². The van der Waals surface area contributed by atoms with E-state index in [1.807, 2.05) is 32.0 Å². The molecule has 2 rings (SSSR count). The fraction of sp³-hybridized carbons (Fsp3) is 0.286. The maximum Gasteiger partial charge on any atom is 0.164 e. The van der Waals surface area contributed by atoms with Gasteiger partial charge in [0.1, 0.15) is 10.8 Å². The van der Waals surface area contributed by atoms with Gasteiger partial charge in [-0.1, -0.05) is 0 Å². The largest absolute Gasteiger partial charge is 0.497 e. The molecule has 0 bridgehead atoms. The van der Waals surface area contributed by atoms with E-state index in [-0.39, 0.29) is 5.78 Å². The van der Waals surface area contributed by atoms with Gasteiger partial charge in [0.15, 0.2) is 5.78 Å². The number of rotatable bonds is 4. The molecule has 1 N–H and O–H groups in total. The minimum Gasteiger partial charge on any atom is -0.497 e. The van der Waals surface area contributed by atoms with Crippen LogP contribution in [0.3, 0.4) is 0 Å². The number of hydrogen-bond donors (Lipinski definition) is 1. The number of ether oxygens (including phenoxy) is 1. The van der Waals surface area contributed by atoms with E-state index >= 15 is 0 Å². The Morgan fingerprint density at radius 2 is 2.11 bits per heavy atom. The molecule has 100 valence electrons. The number of hydrogen-bond acceptors (Lipinski definition) is 5. The molecule has 0 unspecified atom stereocenters. The molecule has 1 heterocycles. The van der Waals surface area contributed by atoms with Gasteiger partial charge in [0.25, 0.3) is 0 Å². The minimum atomic E-state index is 0.0277. The molecule has 1 aromatic carbocycles. The van der Waals surface area contributed by atoms with Gasteiger partial charge in [0.2, 0.25) is 0 Å². The summed E-state index contributed by atoms with van der Waals surface area (Å²) in [5, 5.41) is 4.06. The Labute approximate surface area is 116 Å². The zero-order valence-corrected chi connectivity index (χ0v) is 12.2. The number of carbonyl (C=O) groups is 1. The number of Topliss-reactive ketones (excluding diaryl/α,β-unsaturated/α-hetero) is 1. The molecule has 4 nitrogen and oxygen atoms in total. The number of benzene rings is 1. The van der Waals surface area contributed by atoms with Gasteiger partial charge in [-0.2, -0.15) is 4.37 Å². The summed E-state index contributed by atoms with van der Waals surface area (Å²) in [7, 11) is 1.64. The van der Waals surface area contributed by atoms with Gasteiger partial charge < -0.3 is 10.1 Å². The van der Waals surface area contributed by atoms with Gasteiger partial charge in [0, 0.05) is 5.69 Å². The summed E-state index contributed by atoms with van der Waals surface area (Å²) >= 11 is 1.30. The molecule has 0 fully saturated rings. The van der Waals surface area contributed by atoms with Crippen LogP contribution in [0.2, 0.25) is 0 Å². The second-order valence-corrected chi connectivity index (χ2v) is 5.11. The zero-order chi connectivity index (χ0) is 14.0. The Bertz CT molecular complexity index is 620. The predicted octanol–water partition coefficient (Wildman–Crippen LogP) is 3.71. The van der Waals surface area contributed by atoms with Crippen LogP contribution in [0.1, 0.15) is 28.5 Å². The van der Waals surface area contributed by atoms with E-state index in [4.69, 9.17) is 4.74 Å². The van der Waals surface area contributed by atoms with Crippen LogP contribution in [0, 0.1) is 13.8 Å². The molecule has 0 radical (unpaired) electrons. The fourth-order valence-corrected chi connectivity index (χ4v) is 2.75. The van der Waals surface area contributed by atoms with Crippen molar-refractivity contribution in [3.05, 3.63) is 35.0 Å². The number of anilines is 2. The predicted molar refractivity (Wildman–Crippen MR) is 77.9 cm³/mol. The van der Waals surface area contributed by atoms with E-state index in [9.17, 15) is 4.79 Å². The molecular weight excluding hydrogens is 260 g/mol. The monoisotopic (exact) mass is 276 g/mol. The molecule has 0 saturated carbocycles. The Balaban J connectivity index is 2.34. The molecule has 5 heteroatoms. The lowest BCUT2D eigenvalue weighted by Gasteiger charge is -2.10. The normalized spacial score (nSPS) is 10.3.